The summed E-state index contributed by atoms with van der Waals surface area (Å²) in [5.74, 6) is 3.55. The molecule has 1 unspecified atom stereocenters. The van der Waals surface area contributed by atoms with E-state index in [2.05, 4.69) is 0 Å². The van der Waals surface area contributed by atoms with Gasteiger partial charge in [0.25, 0.3) is 11.6 Å². The van der Waals surface area contributed by atoms with Crippen molar-refractivity contribution in [2.45, 2.75) is 6.04 Å². The first kappa shape index (κ1) is 14.7. The molecule has 2 aromatic rings. The van der Waals surface area contributed by atoms with Crippen LogP contribution in [-0.2, 0) is 9.53 Å². The van der Waals surface area contributed by atoms with Crippen molar-refractivity contribution >= 4 is 22.7 Å². The molecule has 10 heteroatoms. The Morgan fingerprint density at radius 1 is 1.62 bits per heavy atom. The van der Waals surface area contributed by atoms with Crippen LogP contribution in [0.4, 0.5) is 5.69 Å². The van der Waals surface area contributed by atoms with Gasteiger partial charge < -0.3 is 9.15 Å². The molecule has 112 valence electrons. The molecule has 0 bridgehead atoms. The second-order valence-electron chi connectivity index (χ2n) is 4.13. The molecule has 0 aliphatic heterocycles. The van der Waals surface area contributed by atoms with Crippen LogP contribution in [0.2, 0.25) is 0 Å². The fourth-order valence-electron chi connectivity index (χ4n) is 1.95. The summed E-state index contributed by atoms with van der Waals surface area (Å²) in [5, 5.41) is 10.8. The Kier molecular flexibility index (Phi) is 4.00. The lowest BCUT2D eigenvalue weighted by molar-refractivity contribution is -0.384. The van der Waals surface area contributed by atoms with Crippen LogP contribution in [0.5, 0.6) is 0 Å². The fourth-order valence-corrected chi connectivity index (χ4v) is 1.95. The van der Waals surface area contributed by atoms with Gasteiger partial charge in [0.1, 0.15) is 6.04 Å². The smallest absolute Gasteiger partial charge is 0.408 e. The van der Waals surface area contributed by atoms with E-state index in [9.17, 15) is 19.7 Å². The molecule has 1 aromatic carbocycles. The van der Waals surface area contributed by atoms with E-state index in [1.807, 2.05) is 5.43 Å². The number of fused-ring (bicyclic) bond motifs is 1. The molecule has 10 nitrogen and oxygen atoms in total. The molecule has 1 heterocycles. The van der Waals surface area contributed by atoms with E-state index in [-0.39, 0.29) is 23.4 Å². The summed E-state index contributed by atoms with van der Waals surface area (Å²) < 4.78 is 10.8. The monoisotopic (exact) mass is 296 g/mol. The first-order chi connectivity index (χ1) is 9.99. The Morgan fingerprint density at radius 2 is 2.33 bits per heavy atom. The number of nitrogens with zero attached hydrogens (tertiary/aromatic N) is 2. The fraction of sp³-hybridized carbons (Fsp3) is 0.273. The van der Waals surface area contributed by atoms with E-state index < -0.39 is 22.6 Å². The van der Waals surface area contributed by atoms with Crippen LogP contribution < -0.4 is 17.0 Å². The number of carbonyl (C=O) groups is 1. The number of benzene rings is 1. The lowest BCUT2D eigenvalue weighted by atomic mass is 10.2. The number of nitrogens with two attached hydrogens (primary N) is 1. The SMILES string of the molecule is COCC(C(=O)NN)n1c(=O)oc2ccc([N+](=O)[O-])cc21. The zero-order valence-electron chi connectivity index (χ0n) is 10.9. The van der Waals surface area contributed by atoms with Gasteiger partial charge in [-0.3, -0.25) is 24.9 Å². The number of oxazole rings is 1. The summed E-state index contributed by atoms with van der Waals surface area (Å²) in [6.07, 6.45) is 0. The van der Waals surface area contributed by atoms with E-state index in [0.29, 0.717) is 0 Å². The maximum Gasteiger partial charge on any atom is 0.420 e. The number of carbonyl (C=O) groups excluding carboxylic acids is 1. The molecule has 0 aliphatic carbocycles. The zero-order valence-corrected chi connectivity index (χ0v) is 10.9. The number of amides is 1. The Hall–Kier alpha value is -2.72. The van der Waals surface area contributed by atoms with Gasteiger partial charge in [-0.1, -0.05) is 0 Å². The first-order valence-electron chi connectivity index (χ1n) is 5.78. The van der Waals surface area contributed by atoms with Gasteiger partial charge in [0.2, 0.25) is 0 Å². The van der Waals surface area contributed by atoms with Gasteiger partial charge in [0, 0.05) is 19.2 Å². The number of nitrogens with one attached hydrogen (secondary N) is 1. The minimum atomic E-state index is -1.10. The quantitative estimate of drug-likeness (QED) is 0.333. The molecule has 0 saturated carbocycles. The summed E-state index contributed by atoms with van der Waals surface area (Å²) in [6.45, 7) is -0.153. The summed E-state index contributed by atoms with van der Waals surface area (Å²) in [7, 11) is 1.34. The number of nitro benzene ring substituents is 1. The molecule has 1 amide bonds. The van der Waals surface area contributed by atoms with Crippen LogP contribution in [0.3, 0.4) is 0 Å². The minimum absolute atomic E-state index is 0.111. The van der Waals surface area contributed by atoms with Crippen LogP contribution in [0.1, 0.15) is 6.04 Å². The molecule has 1 atom stereocenters. The standard InChI is InChI=1S/C11H12N4O6/c1-20-5-8(10(16)13-12)14-7-4-6(15(18)19)2-3-9(7)21-11(14)17/h2-4,8H,5,12H2,1H3,(H,13,16). The maximum absolute atomic E-state index is 11.9. The van der Waals surface area contributed by atoms with Crippen molar-refractivity contribution < 1.29 is 18.9 Å². The molecule has 1 aromatic heterocycles. The van der Waals surface area contributed by atoms with Gasteiger partial charge in [-0.2, -0.15) is 0 Å². The van der Waals surface area contributed by atoms with Crippen molar-refractivity contribution in [3.8, 4) is 0 Å². The molecule has 2 rings (SSSR count). The first-order valence-corrected chi connectivity index (χ1v) is 5.78. The highest BCUT2D eigenvalue weighted by Crippen LogP contribution is 2.22. The number of hydrogen-bond acceptors (Lipinski definition) is 7. The number of methoxy groups -OCH3 is 1. The summed E-state index contributed by atoms with van der Waals surface area (Å²) in [4.78, 5) is 33.9. The van der Waals surface area contributed by atoms with Gasteiger partial charge >= 0.3 is 5.76 Å². The van der Waals surface area contributed by atoms with Gasteiger partial charge in [0.05, 0.1) is 17.0 Å². The van der Waals surface area contributed by atoms with Crippen molar-refractivity contribution in [2.24, 2.45) is 5.84 Å². The number of ether oxygens (including phenoxy) is 1. The van der Waals surface area contributed by atoms with Crippen LogP contribution in [0.25, 0.3) is 11.1 Å². The number of non-ortho nitro benzene ring substituents is 1. The molecule has 0 aliphatic rings. The van der Waals surface area contributed by atoms with Gasteiger partial charge in [-0.15, -0.1) is 0 Å². The van der Waals surface area contributed by atoms with E-state index in [0.717, 1.165) is 10.6 Å². The highest BCUT2D eigenvalue weighted by atomic mass is 16.6. The van der Waals surface area contributed by atoms with Crippen molar-refractivity contribution in [3.05, 3.63) is 38.9 Å². The molecule has 0 fully saturated rings. The highest BCUT2D eigenvalue weighted by molar-refractivity contribution is 5.83. The number of hydrogen-bond donors (Lipinski definition) is 2. The molecule has 0 spiro atoms. The van der Waals surface area contributed by atoms with E-state index in [1.54, 1.807) is 0 Å². The Bertz CT molecular complexity index is 749. The molecule has 0 saturated heterocycles. The largest absolute Gasteiger partial charge is 0.420 e. The number of rotatable bonds is 5. The normalized spacial score (nSPS) is 12.3. The third kappa shape index (κ3) is 2.61. The van der Waals surface area contributed by atoms with Crippen LogP contribution in [0, 0.1) is 10.1 Å². The molecular formula is C11H12N4O6. The Labute approximate surface area is 117 Å². The van der Waals surface area contributed by atoms with E-state index >= 15 is 0 Å². The maximum atomic E-state index is 11.9. The Morgan fingerprint density at radius 3 is 2.90 bits per heavy atom. The average molecular weight is 296 g/mol. The number of hydrazine groups is 1. The third-order valence-corrected chi connectivity index (χ3v) is 2.89. The van der Waals surface area contributed by atoms with E-state index in [1.165, 1.54) is 19.2 Å². The molecule has 0 radical (unpaired) electrons. The zero-order chi connectivity index (χ0) is 15.6. The topological polar surface area (TPSA) is 143 Å². The molecular weight excluding hydrogens is 284 g/mol. The Balaban J connectivity index is 2.67. The van der Waals surface area contributed by atoms with Crippen LogP contribution in [-0.4, -0.2) is 29.1 Å². The second-order valence-corrected chi connectivity index (χ2v) is 4.13. The number of nitro groups is 1. The molecule has 21 heavy (non-hydrogen) atoms. The van der Waals surface area contributed by atoms with E-state index in [4.69, 9.17) is 15.0 Å². The van der Waals surface area contributed by atoms with Crippen molar-refractivity contribution in [1.29, 1.82) is 0 Å². The lowest BCUT2D eigenvalue weighted by Gasteiger charge is -2.14. The molecule has 3 N–H and O–H groups in total. The predicted octanol–water partition coefficient (Wildman–Crippen LogP) is -0.320. The number of aromatic nitrogens is 1. The van der Waals surface area contributed by atoms with Crippen LogP contribution >= 0.6 is 0 Å². The summed E-state index contributed by atoms with van der Waals surface area (Å²) in [6, 6.07) is 2.53. The van der Waals surface area contributed by atoms with Crippen LogP contribution in [0.15, 0.2) is 27.4 Å². The van der Waals surface area contributed by atoms with Gasteiger partial charge in [-0.05, 0) is 6.07 Å². The van der Waals surface area contributed by atoms with Gasteiger partial charge in [0.15, 0.2) is 5.58 Å². The van der Waals surface area contributed by atoms with Crippen molar-refractivity contribution in [1.82, 2.24) is 9.99 Å². The van der Waals surface area contributed by atoms with Crippen molar-refractivity contribution in [2.75, 3.05) is 13.7 Å². The van der Waals surface area contributed by atoms with Gasteiger partial charge in [-0.25, -0.2) is 10.6 Å². The summed E-state index contributed by atoms with van der Waals surface area (Å²) >= 11 is 0. The highest BCUT2D eigenvalue weighted by Gasteiger charge is 2.26. The second kappa shape index (κ2) is 5.73. The minimum Gasteiger partial charge on any atom is -0.408 e. The predicted molar refractivity (Wildman–Crippen MR) is 70.4 cm³/mol. The average Bonchev–Trinajstić information content (AvgIpc) is 2.78. The third-order valence-electron chi connectivity index (χ3n) is 2.89. The van der Waals surface area contributed by atoms with Crippen molar-refractivity contribution in [3.63, 3.8) is 0 Å². The summed E-state index contributed by atoms with van der Waals surface area (Å²) in [5.41, 5.74) is 1.91. The lowest BCUT2D eigenvalue weighted by Crippen LogP contribution is -2.41.